The summed E-state index contributed by atoms with van der Waals surface area (Å²) in [5.74, 6) is 0.137. The number of nitro benzene ring substituents is 1. The van der Waals surface area contributed by atoms with Crippen molar-refractivity contribution in [3.63, 3.8) is 0 Å². The molecule has 0 aliphatic heterocycles. The van der Waals surface area contributed by atoms with Crippen molar-refractivity contribution in [3.05, 3.63) is 57.6 Å². The fourth-order valence-electron chi connectivity index (χ4n) is 2.57. The number of non-ortho nitro benzene ring substituents is 1. The third kappa shape index (κ3) is 6.20. The van der Waals surface area contributed by atoms with Crippen molar-refractivity contribution in [2.24, 2.45) is 5.10 Å². The van der Waals surface area contributed by atoms with Crippen molar-refractivity contribution < 1.29 is 24.3 Å². The molecule has 1 amide bonds. The third-order valence-corrected chi connectivity index (χ3v) is 4.42. The maximum Gasteiger partial charge on any atom is 0.277 e. The van der Waals surface area contributed by atoms with E-state index in [-0.39, 0.29) is 36.0 Å². The average Bonchev–Trinajstić information content (AvgIpc) is 2.74. The van der Waals surface area contributed by atoms with E-state index in [1.807, 2.05) is 12.1 Å². The van der Waals surface area contributed by atoms with E-state index >= 15 is 0 Å². The van der Waals surface area contributed by atoms with Crippen LogP contribution in [0.25, 0.3) is 0 Å². The first kappa shape index (κ1) is 22.7. The lowest BCUT2D eigenvalue weighted by atomic mass is 9.99. The van der Waals surface area contributed by atoms with Crippen molar-refractivity contribution in [2.75, 3.05) is 13.2 Å². The summed E-state index contributed by atoms with van der Waals surface area (Å²) in [6.07, 6.45) is 2.14. The first-order valence-corrected chi connectivity index (χ1v) is 9.54. The number of phenols is 1. The molecule has 9 nitrogen and oxygen atoms in total. The topological polar surface area (TPSA) is 123 Å². The summed E-state index contributed by atoms with van der Waals surface area (Å²) in [6.45, 7) is 5.90. The molecule has 1 unspecified atom stereocenters. The molecule has 0 heterocycles. The lowest BCUT2D eigenvalue weighted by molar-refractivity contribution is -0.385. The van der Waals surface area contributed by atoms with Crippen LogP contribution in [0, 0.1) is 10.1 Å². The Kier molecular flexibility index (Phi) is 8.16. The quantitative estimate of drug-likeness (QED) is 0.346. The smallest absolute Gasteiger partial charge is 0.277 e. The van der Waals surface area contributed by atoms with Crippen LogP contribution in [0.15, 0.2) is 41.5 Å². The third-order valence-electron chi connectivity index (χ3n) is 4.42. The Morgan fingerprint density at radius 3 is 2.57 bits per heavy atom. The minimum atomic E-state index is -0.613. The Hall–Kier alpha value is -3.62. The molecule has 2 aromatic carbocycles. The number of nitrogens with zero attached hydrogens (tertiary/aromatic N) is 2. The molecule has 2 aromatic rings. The molecule has 0 radical (unpaired) electrons. The van der Waals surface area contributed by atoms with Gasteiger partial charge in [0.25, 0.3) is 11.6 Å². The largest absolute Gasteiger partial charge is 0.504 e. The van der Waals surface area contributed by atoms with Crippen molar-refractivity contribution in [1.29, 1.82) is 0 Å². The number of hydrogen-bond acceptors (Lipinski definition) is 7. The van der Waals surface area contributed by atoms with Gasteiger partial charge in [-0.2, -0.15) is 5.10 Å². The monoisotopic (exact) mass is 415 g/mol. The SMILES string of the molecule is CCOc1cc([N+](=O)[O-])cc(C=NNC(=O)COc2ccc(C(C)CC)cc2)c1O. The van der Waals surface area contributed by atoms with Crippen molar-refractivity contribution >= 4 is 17.8 Å². The minimum Gasteiger partial charge on any atom is -0.504 e. The number of benzene rings is 2. The Morgan fingerprint density at radius 2 is 1.97 bits per heavy atom. The van der Waals surface area contributed by atoms with Gasteiger partial charge in [0.05, 0.1) is 23.8 Å². The van der Waals surface area contributed by atoms with Gasteiger partial charge in [0.2, 0.25) is 0 Å². The van der Waals surface area contributed by atoms with Gasteiger partial charge in [-0.3, -0.25) is 14.9 Å². The lowest BCUT2D eigenvalue weighted by Gasteiger charge is -2.10. The van der Waals surface area contributed by atoms with Gasteiger partial charge in [-0.1, -0.05) is 26.0 Å². The van der Waals surface area contributed by atoms with E-state index in [1.54, 1.807) is 19.1 Å². The molecule has 2 rings (SSSR count). The maximum absolute atomic E-state index is 11.9. The molecule has 30 heavy (non-hydrogen) atoms. The van der Waals surface area contributed by atoms with Crippen LogP contribution in [0.4, 0.5) is 5.69 Å². The number of carbonyl (C=O) groups excluding carboxylic acids is 1. The molecule has 0 spiro atoms. The highest BCUT2D eigenvalue weighted by molar-refractivity contribution is 5.87. The molecule has 0 fully saturated rings. The fourth-order valence-corrected chi connectivity index (χ4v) is 2.57. The van der Waals surface area contributed by atoms with Crippen LogP contribution in [0.5, 0.6) is 17.2 Å². The molecule has 0 bridgehead atoms. The van der Waals surface area contributed by atoms with E-state index in [2.05, 4.69) is 24.4 Å². The predicted octanol–water partition coefficient (Wildman–Crippen LogP) is 3.74. The van der Waals surface area contributed by atoms with Crippen LogP contribution in [0.1, 0.15) is 44.2 Å². The summed E-state index contributed by atoms with van der Waals surface area (Å²) in [5.41, 5.74) is 3.21. The molecule has 2 N–H and O–H groups in total. The molecule has 0 aliphatic carbocycles. The Labute approximate surface area is 174 Å². The zero-order valence-electron chi connectivity index (χ0n) is 17.1. The molecule has 0 aliphatic rings. The van der Waals surface area contributed by atoms with Crippen molar-refractivity contribution in [1.82, 2.24) is 5.43 Å². The molecule has 0 saturated carbocycles. The molecule has 1 atom stereocenters. The number of rotatable bonds is 10. The van der Waals surface area contributed by atoms with Gasteiger partial charge in [0.15, 0.2) is 18.1 Å². The van der Waals surface area contributed by atoms with E-state index in [4.69, 9.17) is 9.47 Å². The Balaban J connectivity index is 1.96. The van der Waals surface area contributed by atoms with E-state index < -0.39 is 10.8 Å². The van der Waals surface area contributed by atoms with Crippen LogP contribution in [-0.2, 0) is 4.79 Å². The second-order valence-corrected chi connectivity index (χ2v) is 6.53. The maximum atomic E-state index is 11.9. The number of phenolic OH excluding ortho intramolecular Hbond substituents is 1. The van der Waals surface area contributed by atoms with Crippen LogP contribution >= 0.6 is 0 Å². The first-order chi connectivity index (χ1) is 14.3. The average molecular weight is 415 g/mol. The molecular weight excluding hydrogens is 390 g/mol. The summed E-state index contributed by atoms with van der Waals surface area (Å²) in [6, 6.07) is 9.77. The normalized spacial score (nSPS) is 11.8. The molecule has 0 aromatic heterocycles. The highest BCUT2D eigenvalue weighted by atomic mass is 16.6. The number of ether oxygens (including phenoxy) is 2. The summed E-state index contributed by atoms with van der Waals surface area (Å²) >= 11 is 0. The van der Waals surface area contributed by atoms with Gasteiger partial charge in [0, 0.05) is 11.6 Å². The van der Waals surface area contributed by atoms with E-state index in [1.165, 1.54) is 5.56 Å². The number of hydrazone groups is 1. The van der Waals surface area contributed by atoms with Gasteiger partial charge < -0.3 is 14.6 Å². The Bertz CT molecular complexity index is 912. The standard InChI is InChI=1S/C21H25N3O6/c1-4-14(3)15-6-8-18(9-7-15)30-13-20(25)23-22-12-16-10-17(24(27)28)11-19(21(16)26)29-5-2/h6-12,14,26H,4-5,13H2,1-3H3,(H,23,25). The van der Waals surface area contributed by atoms with Crippen LogP contribution in [0.2, 0.25) is 0 Å². The Morgan fingerprint density at radius 1 is 1.27 bits per heavy atom. The van der Waals surface area contributed by atoms with Gasteiger partial charge in [-0.05, 0) is 37.0 Å². The summed E-state index contributed by atoms with van der Waals surface area (Å²) in [7, 11) is 0. The first-order valence-electron chi connectivity index (χ1n) is 9.54. The highest BCUT2D eigenvalue weighted by Crippen LogP contribution is 2.33. The zero-order chi connectivity index (χ0) is 22.1. The van der Waals surface area contributed by atoms with E-state index in [0.717, 1.165) is 24.8 Å². The molecule has 9 heteroatoms. The van der Waals surface area contributed by atoms with E-state index in [0.29, 0.717) is 11.7 Å². The molecule has 160 valence electrons. The van der Waals surface area contributed by atoms with Gasteiger partial charge in [-0.15, -0.1) is 0 Å². The van der Waals surface area contributed by atoms with E-state index in [9.17, 15) is 20.0 Å². The number of hydrogen-bond donors (Lipinski definition) is 2. The van der Waals surface area contributed by atoms with Crippen LogP contribution in [-0.4, -0.2) is 35.4 Å². The lowest BCUT2D eigenvalue weighted by Crippen LogP contribution is -2.24. The summed E-state index contributed by atoms with van der Waals surface area (Å²) in [5, 5.41) is 24.9. The number of nitro groups is 1. The summed E-state index contributed by atoms with van der Waals surface area (Å²) < 4.78 is 10.6. The number of carbonyl (C=O) groups is 1. The van der Waals surface area contributed by atoms with Gasteiger partial charge >= 0.3 is 0 Å². The second kappa shape index (κ2) is 10.8. The van der Waals surface area contributed by atoms with Crippen LogP contribution < -0.4 is 14.9 Å². The number of aromatic hydroxyl groups is 1. The highest BCUT2D eigenvalue weighted by Gasteiger charge is 2.16. The van der Waals surface area contributed by atoms with Crippen LogP contribution in [0.3, 0.4) is 0 Å². The van der Waals surface area contributed by atoms with Crippen molar-refractivity contribution in [3.8, 4) is 17.2 Å². The summed E-state index contributed by atoms with van der Waals surface area (Å²) in [4.78, 5) is 22.3. The van der Waals surface area contributed by atoms with Gasteiger partial charge in [0.1, 0.15) is 5.75 Å². The number of nitrogens with one attached hydrogen (secondary N) is 1. The molecule has 0 saturated heterocycles. The predicted molar refractivity (Wildman–Crippen MR) is 112 cm³/mol. The second-order valence-electron chi connectivity index (χ2n) is 6.53. The zero-order valence-corrected chi connectivity index (χ0v) is 17.1. The fraction of sp³-hybridized carbons (Fsp3) is 0.333. The van der Waals surface area contributed by atoms with Gasteiger partial charge in [-0.25, -0.2) is 5.43 Å². The number of amides is 1. The molecular formula is C21H25N3O6. The van der Waals surface area contributed by atoms with Crippen molar-refractivity contribution in [2.45, 2.75) is 33.1 Å². The minimum absolute atomic E-state index is 0.0366.